The molecule has 0 aliphatic heterocycles. The van der Waals surface area contributed by atoms with Crippen LogP contribution in [0.1, 0.15) is 17.0 Å². The lowest BCUT2D eigenvalue weighted by Gasteiger charge is -2.02. The summed E-state index contributed by atoms with van der Waals surface area (Å²) in [7, 11) is 0. The summed E-state index contributed by atoms with van der Waals surface area (Å²) in [5, 5.41) is 12.0. The van der Waals surface area contributed by atoms with E-state index in [2.05, 4.69) is 15.5 Å². The monoisotopic (exact) mass is 313 g/mol. The second-order valence-corrected chi connectivity index (χ2v) is 5.40. The van der Waals surface area contributed by atoms with E-state index in [1.807, 2.05) is 54.6 Å². The molecule has 0 saturated heterocycles. The molecular formula is C17H16ClN3O. The molecule has 1 heterocycles. The third-order valence-corrected chi connectivity index (χ3v) is 3.52. The summed E-state index contributed by atoms with van der Waals surface area (Å²) in [4.78, 5) is 0. The van der Waals surface area contributed by atoms with Crippen molar-refractivity contribution in [2.45, 2.75) is 12.8 Å². The number of hydrogen-bond donors (Lipinski definition) is 1. The van der Waals surface area contributed by atoms with Crippen LogP contribution in [0, 0.1) is 0 Å². The summed E-state index contributed by atoms with van der Waals surface area (Å²) >= 11 is 5.86. The molecule has 0 fully saturated rings. The molecule has 0 radical (unpaired) electrons. The highest BCUT2D eigenvalue weighted by Crippen LogP contribution is 2.12. The van der Waals surface area contributed by atoms with Gasteiger partial charge in [0, 0.05) is 11.6 Å². The van der Waals surface area contributed by atoms with Crippen molar-refractivity contribution in [2.75, 3.05) is 11.9 Å². The van der Waals surface area contributed by atoms with E-state index in [9.17, 15) is 0 Å². The van der Waals surface area contributed by atoms with E-state index < -0.39 is 0 Å². The predicted octanol–water partition coefficient (Wildman–Crippen LogP) is 3.97. The molecule has 0 aliphatic rings. The maximum absolute atomic E-state index is 5.86. The van der Waals surface area contributed by atoms with Crippen LogP contribution in [0.2, 0.25) is 5.02 Å². The van der Waals surface area contributed by atoms with Gasteiger partial charge in [0.05, 0.1) is 6.42 Å². The van der Waals surface area contributed by atoms with Gasteiger partial charge < -0.3 is 9.73 Å². The van der Waals surface area contributed by atoms with E-state index in [0.29, 0.717) is 18.3 Å². The molecular weight excluding hydrogens is 298 g/mol. The van der Waals surface area contributed by atoms with Gasteiger partial charge in [0.1, 0.15) is 0 Å². The Morgan fingerprint density at radius 3 is 2.45 bits per heavy atom. The first-order valence-corrected chi connectivity index (χ1v) is 7.52. The van der Waals surface area contributed by atoms with Crippen molar-refractivity contribution in [1.82, 2.24) is 10.2 Å². The summed E-state index contributed by atoms with van der Waals surface area (Å²) in [5.41, 5.74) is 2.36. The van der Waals surface area contributed by atoms with E-state index in [1.165, 1.54) is 5.56 Å². The zero-order valence-electron chi connectivity index (χ0n) is 12.0. The second kappa shape index (κ2) is 7.09. The third kappa shape index (κ3) is 4.09. The molecule has 0 aliphatic carbocycles. The largest absolute Gasteiger partial charge is 0.408 e. The van der Waals surface area contributed by atoms with Gasteiger partial charge in [0.2, 0.25) is 5.89 Å². The highest BCUT2D eigenvalue weighted by molar-refractivity contribution is 6.30. The van der Waals surface area contributed by atoms with Crippen molar-refractivity contribution in [2.24, 2.45) is 0 Å². The number of nitrogens with zero attached hydrogens (tertiary/aromatic N) is 2. The Morgan fingerprint density at radius 2 is 1.68 bits per heavy atom. The van der Waals surface area contributed by atoms with Crippen LogP contribution >= 0.6 is 11.6 Å². The molecule has 0 bridgehead atoms. The van der Waals surface area contributed by atoms with Crippen molar-refractivity contribution in [3.8, 4) is 0 Å². The lowest BCUT2D eigenvalue weighted by atomic mass is 10.1. The van der Waals surface area contributed by atoms with Crippen molar-refractivity contribution in [1.29, 1.82) is 0 Å². The fraction of sp³-hybridized carbons (Fsp3) is 0.176. The van der Waals surface area contributed by atoms with Gasteiger partial charge in [-0.05, 0) is 29.7 Å². The number of anilines is 1. The highest BCUT2D eigenvalue weighted by atomic mass is 35.5. The van der Waals surface area contributed by atoms with Gasteiger partial charge >= 0.3 is 6.01 Å². The Bertz CT molecular complexity index is 710. The second-order valence-electron chi connectivity index (χ2n) is 4.97. The van der Waals surface area contributed by atoms with Crippen molar-refractivity contribution >= 4 is 17.6 Å². The molecule has 0 amide bonds. The third-order valence-electron chi connectivity index (χ3n) is 3.27. The molecule has 1 aromatic heterocycles. The Labute approximate surface area is 134 Å². The summed E-state index contributed by atoms with van der Waals surface area (Å²) in [6.07, 6.45) is 1.51. The lowest BCUT2D eigenvalue weighted by molar-refractivity contribution is 0.516. The highest BCUT2D eigenvalue weighted by Gasteiger charge is 2.06. The number of rotatable bonds is 6. The summed E-state index contributed by atoms with van der Waals surface area (Å²) < 4.78 is 5.59. The molecule has 0 atom stereocenters. The minimum atomic E-state index is 0.458. The molecule has 0 spiro atoms. The minimum absolute atomic E-state index is 0.458. The molecule has 112 valence electrons. The Balaban J connectivity index is 1.50. The fourth-order valence-corrected chi connectivity index (χ4v) is 2.26. The van der Waals surface area contributed by atoms with E-state index in [0.717, 1.165) is 23.6 Å². The maximum atomic E-state index is 5.86. The molecule has 2 aromatic carbocycles. The molecule has 5 heteroatoms. The van der Waals surface area contributed by atoms with Gasteiger partial charge in [0.25, 0.3) is 0 Å². The van der Waals surface area contributed by atoms with Crippen LogP contribution < -0.4 is 5.32 Å². The molecule has 4 nitrogen and oxygen atoms in total. The van der Waals surface area contributed by atoms with Gasteiger partial charge in [-0.1, -0.05) is 59.2 Å². The molecule has 3 aromatic rings. The lowest BCUT2D eigenvalue weighted by Crippen LogP contribution is -2.04. The van der Waals surface area contributed by atoms with E-state index in [-0.39, 0.29) is 0 Å². The molecule has 0 unspecified atom stereocenters. The molecule has 3 rings (SSSR count). The van der Waals surface area contributed by atoms with Crippen LogP contribution in [0.25, 0.3) is 0 Å². The normalized spacial score (nSPS) is 10.6. The van der Waals surface area contributed by atoms with Crippen LogP contribution in [-0.4, -0.2) is 16.7 Å². The maximum Gasteiger partial charge on any atom is 0.315 e. The SMILES string of the molecule is Clc1ccc(CCNc2nnc(Cc3ccccc3)o2)cc1. The average Bonchev–Trinajstić information content (AvgIpc) is 2.98. The van der Waals surface area contributed by atoms with Crippen LogP contribution in [0.3, 0.4) is 0 Å². The predicted molar refractivity (Wildman–Crippen MR) is 87.2 cm³/mol. The van der Waals surface area contributed by atoms with E-state index >= 15 is 0 Å². The van der Waals surface area contributed by atoms with Gasteiger partial charge in [0.15, 0.2) is 0 Å². The molecule has 0 saturated carbocycles. The molecule has 22 heavy (non-hydrogen) atoms. The van der Waals surface area contributed by atoms with Crippen LogP contribution in [0.4, 0.5) is 6.01 Å². The minimum Gasteiger partial charge on any atom is -0.408 e. The van der Waals surface area contributed by atoms with Crippen LogP contribution in [0.15, 0.2) is 59.0 Å². The number of aromatic nitrogens is 2. The van der Waals surface area contributed by atoms with E-state index in [1.54, 1.807) is 0 Å². The smallest absolute Gasteiger partial charge is 0.315 e. The molecule has 1 N–H and O–H groups in total. The number of halogens is 1. The Kier molecular flexibility index (Phi) is 4.71. The quantitative estimate of drug-likeness (QED) is 0.748. The first kappa shape index (κ1) is 14.6. The van der Waals surface area contributed by atoms with Crippen molar-refractivity contribution in [3.05, 3.63) is 76.6 Å². The van der Waals surface area contributed by atoms with Crippen LogP contribution in [-0.2, 0) is 12.8 Å². The first-order chi connectivity index (χ1) is 10.8. The van der Waals surface area contributed by atoms with Crippen LogP contribution in [0.5, 0.6) is 0 Å². The summed E-state index contributed by atoms with van der Waals surface area (Å²) in [5.74, 6) is 0.611. The fourth-order valence-electron chi connectivity index (χ4n) is 2.13. The Hall–Kier alpha value is -2.33. The zero-order valence-corrected chi connectivity index (χ0v) is 12.8. The van der Waals surface area contributed by atoms with Gasteiger partial charge in [-0.25, -0.2) is 0 Å². The van der Waals surface area contributed by atoms with E-state index in [4.69, 9.17) is 16.0 Å². The zero-order chi connectivity index (χ0) is 15.2. The van der Waals surface area contributed by atoms with Crippen molar-refractivity contribution in [3.63, 3.8) is 0 Å². The number of benzene rings is 2. The first-order valence-electron chi connectivity index (χ1n) is 7.14. The Morgan fingerprint density at radius 1 is 0.909 bits per heavy atom. The number of hydrogen-bond acceptors (Lipinski definition) is 4. The topological polar surface area (TPSA) is 51.0 Å². The summed E-state index contributed by atoms with van der Waals surface area (Å²) in [6, 6.07) is 18.3. The standard InChI is InChI=1S/C17H16ClN3O/c18-15-8-6-13(7-9-15)10-11-19-17-21-20-16(22-17)12-14-4-2-1-3-5-14/h1-9H,10-12H2,(H,19,21). The van der Waals surface area contributed by atoms with Crippen molar-refractivity contribution < 1.29 is 4.42 Å². The van der Waals surface area contributed by atoms with Gasteiger partial charge in [-0.2, -0.15) is 0 Å². The van der Waals surface area contributed by atoms with Gasteiger partial charge in [-0.15, -0.1) is 5.10 Å². The average molecular weight is 314 g/mol. The van der Waals surface area contributed by atoms with Gasteiger partial charge in [-0.3, -0.25) is 0 Å². The number of nitrogens with one attached hydrogen (secondary N) is 1. The summed E-state index contributed by atoms with van der Waals surface area (Å²) in [6.45, 7) is 0.731.